The van der Waals surface area contributed by atoms with Crippen LogP contribution in [0, 0.1) is 0 Å². The van der Waals surface area contributed by atoms with Crippen molar-refractivity contribution >= 4 is 11.9 Å². The van der Waals surface area contributed by atoms with E-state index in [2.05, 4.69) is 15.6 Å². The Balaban J connectivity index is 3.36. The quantitative estimate of drug-likeness (QED) is 0.306. The van der Waals surface area contributed by atoms with E-state index in [0.29, 0.717) is 19.0 Å². The molecule has 4 N–H and O–H groups in total. The Labute approximate surface area is 78.8 Å². The van der Waals surface area contributed by atoms with Crippen molar-refractivity contribution in [2.24, 2.45) is 10.7 Å². The number of nitrogens with zero attached hydrogens (tertiary/aromatic N) is 1. The highest BCUT2D eigenvalue weighted by Crippen LogP contribution is 1.75. The summed E-state index contributed by atoms with van der Waals surface area (Å²) in [5.41, 5.74) is 5.50. The van der Waals surface area contributed by atoms with Crippen molar-refractivity contribution in [3.63, 3.8) is 0 Å². The third-order valence-corrected chi connectivity index (χ3v) is 1.31. The van der Waals surface area contributed by atoms with E-state index in [1.165, 1.54) is 6.92 Å². The van der Waals surface area contributed by atoms with E-state index in [1.807, 2.05) is 6.92 Å². The van der Waals surface area contributed by atoms with Gasteiger partial charge in [0.1, 0.15) is 0 Å². The van der Waals surface area contributed by atoms with Crippen LogP contribution in [-0.2, 0) is 4.79 Å². The maximum atomic E-state index is 10.5. The molecule has 0 rings (SSSR count). The van der Waals surface area contributed by atoms with E-state index < -0.39 is 0 Å². The van der Waals surface area contributed by atoms with Crippen molar-refractivity contribution in [1.29, 1.82) is 0 Å². The second-order valence-corrected chi connectivity index (χ2v) is 2.68. The lowest BCUT2D eigenvalue weighted by molar-refractivity contribution is -0.118. The molecule has 0 aromatic rings. The molecule has 76 valence electrons. The zero-order valence-electron chi connectivity index (χ0n) is 8.26. The third kappa shape index (κ3) is 8.65. The lowest BCUT2D eigenvalue weighted by Crippen LogP contribution is -2.37. The number of nitrogens with two attached hydrogens (primary N) is 1. The van der Waals surface area contributed by atoms with Crippen molar-refractivity contribution in [2.45, 2.75) is 20.3 Å². The number of rotatable bonds is 5. The molecule has 0 aliphatic carbocycles. The zero-order valence-corrected chi connectivity index (χ0v) is 8.26. The Kier molecular flexibility index (Phi) is 6.68. The van der Waals surface area contributed by atoms with E-state index in [1.54, 1.807) is 0 Å². The van der Waals surface area contributed by atoms with Crippen LogP contribution in [0.4, 0.5) is 0 Å². The molecule has 0 radical (unpaired) electrons. The second-order valence-electron chi connectivity index (χ2n) is 2.68. The number of carbonyl (C=O) groups excluding carboxylic acids is 1. The van der Waals surface area contributed by atoms with Crippen LogP contribution in [0.5, 0.6) is 0 Å². The summed E-state index contributed by atoms with van der Waals surface area (Å²) in [5.74, 6) is 0.401. The van der Waals surface area contributed by atoms with Gasteiger partial charge in [-0.2, -0.15) is 0 Å². The van der Waals surface area contributed by atoms with Gasteiger partial charge in [0.15, 0.2) is 5.96 Å². The van der Waals surface area contributed by atoms with Crippen LogP contribution in [0.25, 0.3) is 0 Å². The van der Waals surface area contributed by atoms with Crippen LogP contribution >= 0.6 is 0 Å². The molecule has 1 amide bonds. The molecular formula is C8H18N4O. The maximum absolute atomic E-state index is 10.5. The number of hydrogen-bond acceptors (Lipinski definition) is 2. The molecule has 0 aliphatic heterocycles. The molecule has 0 unspecified atom stereocenters. The van der Waals surface area contributed by atoms with Gasteiger partial charge in [0.2, 0.25) is 5.91 Å². The number of hydrogen-bond donors (Lipinski definition) is 3. The molecule has 5 heteroatoms. The van der Waals surface area contributed by atoms with Gasteiger partial charge >= 0.3 is 0 Å². The molecule has 0 aromatic heterocycles. The van der Waals surface area contributed by atoms with Gasteiger partial charge in [-0.15, -0.1) is 0 Å². The Morgan fingerprint density at radius 3 is 2.54 bits per heavy atom. The SMILES string of the molecule is CCCN=C(N)NCCNC(C)=O. The van der Waals surface area contributed by atoms with Gasteiger partial charge in [0.05, 0.1) is 0 Å². The van der Waals surface area contributed by atoms with E-state index >= 15 is 0 Å². The predicted molar refractivity (Wildman–Crippen MR) is 53.5 cm³/mol. The lowest BCUT2D eigenvalue weighted by Gasteiger charge is -2.05. The molecule has 0 fully saturated rings. The molecule has 5 nitrogen and oxygen atoms in total. The van der Waals surface area contributed by atoms with Crippen molar-refractivity contribution in [2.75, 3.05) is 19.6 Å². The first-order valence-corrected chi connectivity index (χ1v) is 4.45. The molecule has 0 spiro atoms. The average molecular weight is 186 g/mol. The maximum Gasteiger partial charge on any atom is 0.216 e. The minimum Gasteiger partial charge on any atom is -0.370 e. The van der Waals surface area contributed by atoms with Crippen LogP contribution in [0.1, 0.15) is 20.3 Å². The van der Waals surface area contributed by atoms with E-state index in [0.717, 1.165) is 13.0 Å². The smallest absolute Gasteiger partial charge is 0.216 e. The van der Waals surface area contributed by atoms with E-state index in [9.17, 15) is 4.79 Å². The zero-order chi connectivity index (χ0) is 10.1. The van der Waals surface area contributed by atoms with Crippen LogP contribution in [0.3, 0.4) is 0 Å². The van der Waals surface area contributed by atoms with Gasteiger partial charge in [-0.05, 0) is 6.42 Å². The normalized spacial score (nSPS) is 11.1. The molecule has 0 bridgehead atoms. The summed E-state index contributed by atoms with van der Waals surface area (Å²) in [5, 5.41) is 5.53. The largest absolute Gasteiger partial charge is 0.370 e. The fraction of sp³-hybridized carbons (Fsp3) is 0.750. The van der Waals surface area contributed by atoms with Crippen LogP contribution in [0.15, 0.2) is 4.99 Å². The highest BCUT2D eigenvalue weighted by atomic mass is 16.1. The third-order valence-electron chi connectivity index (χ3n) is 1.31. The fourth-order valence-corrected chi connectivity index (χ4v) is 0.717. The molecule has 0 atom stereocenters. The molecule has 13 heavy (non-hydrogen) atoms. The summed E-state index contributed by atoms with van der Waals surface area (Å²) in [4.78, 5) is 14.5. The number of guanidine groups is 1. The first-order valence-electron chi connectivity index (χ1n) is 4.45. The summed E-state index contributed by atoms with van der Waals surface area (Å²) in [6.07, 6.45) is 0.980. The summed E-state index contributed by atoms with van der Waals surface area (Å²) in [7, 11) is 0. The Hall–Kier alpha value is -1.26. The Morgan fingerprint density at radius 2 is 2.00 bits per heavy atom. The lowest BCUT2D eigenvalue weighted by atomic mass is 10.5. The highest BCUT2D eigenvalue weighted by Gasteiger charge is 1.91. The van der Waals surface area contributed by atoms with Crippen molar-refractivity contribution in [3.8, 4) is 0 Å². The standard InChI is InChI=1S/C8H18N4O/c1-3-4-11-8(9)12-6-5-10-7(2)13/h3-6H2,1-2H3,(H,10,13)(H3,9,11,12). The Morgan fingerprint density at radius 1 is 1.38 bits per heavy atom. The fourth-order valence-electron chi connectivity index (χ4n) is 0.717. The number of aliphatic imine (C=N–C) groups is 1. The summed E-state index contributed by atoms with van der Waals surface area (Å²) in [6, 6.07) is 0. The first-order chi connectivity index (χ1) is 6.16. The molecule has 0 aliphatic rings. The van der Waals surface area contributed by atoms with Gasteiger partial charge < -0.3 is 16.4 Å². The summed E-state index contributed by atoms with van der Waals surface area (Å²) >= 11 is 0. The van der Waals surface area contributed by atoms with Crippen molar-refractivity contribution in [1.82, 2.24) is 10.6 Å². The molecule has 0 saturated heterocycles. The second kappa shape index (κ2) is 7.39. The minimum atomic E-state index is -0.0362. The van der Waals surface area contributed by atoms with Crippen molar-refractivity contribution in [3.05, 3.63) is 0 Å². The number of carbonyl (C=O) groups is 1. The molecule has 0 aromatic carbocycles. The topological polar surface area (TPSA) is 79.5 Å². The first kappa shape index (κ1) is 11.7. The highest BCUT2D eigenvalue weighted by molar-refractivity contribution is 5.78. The average Bonchev–Trinajstić information content (AvgIpc) is 2.08. The molecule has 0 heterocycles. The van der Waals surface area contributed by atoms with Crippen LogP contribution in [0.2, 0.25) is 0 Å². The number of amides is 1. The van der Waals surface area contributed by atoms with Gasteiger partial charge in [0.25, 0.3) is 0 Å². The minimum absolute atomic E-state index is 0.0362. The molecule has 0 saturated carbocycles. The van der Waals surface area contributed by atoms with Gasteiger partial charge in [-0.3, -0.25) is 9.79 Å². The van der Waals surface area contributed by atoms with Gasteiger partial charge in [-0.25, -0.2) is 0 Å². The van der Waals surface area contributed by atoms with Gasteiger partial charge in [0, 0.05) is 26.6 Å². The summed E-state index contributed by atoms with van der Waals surface area (Å²) < 4.78 is 0. The van der Waals surface area contributed by atoms with Crippen LogP contribution in [-0.4, -0.2) is 31.5 Å². The molecular weight excluding hydrogens is 168 g/mol. The van der Waals surface area contributed by atoms with Crippen molar-refractivity contribution < 1.29 is 4.79 Å². The number of nitrogens with one attached hydrogen (secondary N) is 2. The Bertz CT molecular complexity index is 179. The predicted octanol–water partition coefficient (Wildman–Crippen LogP) is -0.563. The van der Waals surface area contributed by atoms with E-state index in [4.69, 9.17) is 5.73 Å². The monoisotopic (exact) mass is 186 g/mol. The van der Waals surface area contributed by atoms with Gasteiger partial charge in [-0.1, -0.05) is 6.92 Å². The summed E-state index contributed by atoms with van der Waals surface area (Å²) in [6.45, 7) is 5.43. The van der Waals surface area contributed by atoms with E-state index in [-0.39, 0.29) is 5.91 Å². The van der Waals surface area contributed by atoms with Crippen LogP contribution < -0.4 is 16.4 Å².